The zero-order valence-electron chi connectivity index (χ0n) is 24.8. The van der Waals surface area contributed by atoms with E-state index >= 15 is 0 Å². The summed E-state index contributed by atoms with van der Waals surface area (Å²) in [7, 11) is -2.24. The van der Waals surface area contributed by atoms with E-state index in [9.17, 15) is 9.90 Å². The lowest BCUT2D eigenvalue weighted by molar-refractivity contribution is -0.300. The van der Waals surface area contributed by atoms with Gasteiger partial charge in [0.2, 0.25) is 0 Å². The van der Waals surface area contributed by atoms with Crippen molar-refractivity contribution in [2.24, 2.45) is 11.8 Å². The maximum atomic E-state index is 13.1. The van der Waals surface area contributed by atoms with Gasteiger partial charge in [-0.3, -0.25) is 4.79 Å². The number of carbonyl (C=O) groups excluding carboxylic acids is 1. The van der Waals surface area contributed by atoms with Crippen LogP contribution in [0.3, 0.4) is 0 Å². The smallest absolute Gasteiger partial charge is 0.311 e. The van der Waals surface area contributed by atoms with Gasteiger partial charge in [-0.25, -0.2) is 0 Å². The van der Waals surface area contributed by atoms with Crippen LogP contribution in [0.5, 0.6) is 0 Å². The first-order valence-corrected chi connectivity index (χ1v) is 19.7. The number of hydrogen-bond donors (Lipinski definition) is 1. The van der Waals surface area contributed by atoms with Gasteiger partial charge in [-0.15, -0.1) is 0 Å². The molecule has 0 aromatic carbocycles. The van der Waals surface area contributed by atoms with Crippen LogP contribution in [-0.4, -0.2) is 71.6 Å². The first-order chi connectivity index (χ1) is 16.3. The van der Waals surface area contributed by atoms with Gasteiger partial charge < -0.3 is 28.2 Å². The van der Waals surface area contributed by atoms with Crippen LogP contribution in [0.25, 0.3) is 0 Å². The van der Waals surface area contributed by atoms with Gasteiger partial charge in [-0.05, 0) is 44.7 Å². The SMILES string of the molecule is CO[C@@H]1/C=C(\C)C[C@@H](CO[Si](C)(C)C(C)(C)C)OC(=O)C[C@]2(O)C[C@H](O[Si](C)(C)C)[C@@H](C)[C@@H](O2)[C@@H]1C. The molecule has 0 saturated carbocycles. The van der Waals surface area contributed by atoms with E-state index in [1.54, 1.807) is 7.11 Å². The molecule has 1 saturated heterocycles. The Kier molecular flexibility index (Phi) is 10.3. The van der Waals surface area contributed by atoms with Crippen molar-refractivity contribution in [3.8, 4) is 0 Å². The second-order valence-corrected chi connectivity index (χ2v) is 22.8. The molecular weight excluding hydrogens is 492 g/mol. The second-order valence-electron chi connectivity index (χ2n) is 13.5. The van der Waals surface area contributed by atoms with E-state index in [2.05, 4.69) is 73.4 Å². The number of esters is 1. The van der Waals surface area contributed by atoms with E-state index in [4.69, 9.17) is 23.1 Å². The van der Waals surface area contributed by atoms with Gasteiger partial charge in [0.15, 0.2) is 22.4 Å². The fourth-order valence-corrected chi connectivity index (χ4v) is 7.10. The van der Waals surface area contributed by atoms with Gasteiger partial charge in [0.1, 0.15) is 6.10 Å². The second kappa shape index (κ2) is 11.7. The summed E-state index contributed by atoms with van der Waals surface area (Å²) in [5, 5.41) is 11.6. The first kappa shape index (κ1) is 31.7. The van der Waals surface area contributed by atoms with E-state index < -0.39 is 34.5 Å². The molecule has 0 radical (unpaired) electrons. The fraction of sp³-hybridized carbons (Fsp3) is 0.889. The van der Waals surface area contributed by atoms with Gasteiger partial charge in [-0.1, -0.05) is 46.3 Å². The first-order valence-electron chi connectivity index (χ1n) is 13.4. The average Bonchev–Trinajstić information content (AvgIpc) is 2.69. The van der Waals surface area contributed by atoms with Crippen molar-refractivity contribution >= 4 is 22.6 Å². The lowest BCUT2D eigenvalue weighted by Gasteiger charge is -2.49. The quantitative estimate of drug-likeness (QED) is 0.263. The third-order valence-corrected chi connectivity index (χ3v) is 13.5. The van der Waals surface area contributed by atoms with Crippen LogP contribution in [0.2, 0.25) is 37.8 Å². The Labute approximate surface area is 221 Å². The molecule has 0 unspecified atom stereocenters. The summed E-state index contributed by atoms with van der Waals surface area (Å²) in [5.41, 5.74) is 1.07. The fourth-order valence-electron chi connectivity index (χ4n) is 4.86. The largest absolute Gasteiger partial charge is 0.459 e. The molecule has 0 aliphatic carbocycles. The van der Waals surface area contributed by atoms with Gasteiger partial charge in [0.05, 0.1) is 31.3 Å². The summed E-state index contributed by atoms with van der Waals surface area (Å²) < 4.78 is 31.0. The highest BCUT2D eigenvalue weighted by molar-refractivity contribution is 6.74. The highest BCUT2D eigenvalue weighted by Gasteiger charge is 2.50. The molecule has 0 amide bonds. The van der Waals surface area contributed by atoms with Crippen LogP contribution in [0.15, 0.2) is 11.6 Å². The molecular formula is C27H52O7Si2. The van der Waals surface area contributed by atoms with E-state index in [0.717, 1.165) is 5.57 Å². The van der Waals surface area contributed by atoms with Crippen molar-refractivity contribution in [1.29, 1.82) is 0 Å². The average molecular weight is 545 g/mol. The lowest BCUT2D eigenvalue weighted by Crippen LogP contribution is -2.57. The number of fused-ring (bicyclic) bond motifs is 2. The van der Waals surface area contributed by atoms with Crippen LogP contribution >= 0.6 is 0 Å². The molecule has 1 fully saturated rings. The van der Waals surface area contributed by atoms with Gasteiger partial charge in [-0.2, -0.15) is 0 Å². The predicted molar refractivity (Wildman–Crippen MR) is 148 cm³/mol. The zero-order valence-corrected chi connectivity index (χ0v) is 26.8. The highest BCUT2D eigenvalue weighted by Crippen LogP contribution is 2.41. The Hall–Kier alpha value is -0.556. The highest BCUT2D eigenvalue weighted by atomic mass is 28.4. The molecule has 1 N–H and O–H groups in total. The van der Waals surface area contributed by atoms with Crippen LogP contribution in [0.4, 0.5) is 0 Å². The van der Waals surface area contributed by atoms with Crippen molar-refractivity contribution < 1.29 is 33.0 Å². The normalized spacial score (nSPS) is 36.8. The van der Waals surface area contributed by atoms with Crippen LogP contribution in [0, 0.1) is 11.8 Å². The molecule has 9 heteroatoms. The third-order valence-electron chi connectivity index (χ3n) is 7.95. The molecule has 2 bridgehead atoms. The van der Waals surface area contributed by atoms with Crippen LogP contribution < -0.4 is 0 Å². The third kappa shape index (κ3) is 8.48. The topological polar surface area (TPSA) is 83.5 Å². The van der Waals surface area contributed by atoms with Crippen molar-refractivity contribution in [3.05, 3.63) is 11.6 Å². The maximum absolute atomic E-state index is 13.1. The molecule has 0 spiro atoms. The molecule has 2 heterocycles. The van der Waals surface area contributed by atoms with E-state index in [1.165, 1.54) is 0 Å². The monoisotopic (exact) mass is 544 g/mol. The van der Waals surface area contributed by atoms with Crippen molar-refractivity contribution in [3.63, 3.8) is 0 Å². The van der Waals surface area contributed by atoms with Crippen molar-refractivity contribution in [1.82, 2.24) is 0 Å². The van der Waals surface area contributed by atoms with Crippen molar-refractivity contribution in [2.45, 2.75) is 129 Å². The predicted octanol–water partition coefficient (Wildman–Crippen LogP) is 5.64. The minimum atomic E-state index is -2.03. The number of carbonyl (C=O) groups is 1. The molecule has 36 heavy (non-hydrogen) atoms. The Morgan fingerprint density at radius 2 is 1.75 bits per heavy atom. The minimum Gasteiger partial charge on any atom is -0.459 e. The molecule has 7 nitrogen and oxygen atoms in total. The summed E-state index contributed by atoms with van der Waals surface area (Å²) in [6, 6.07) is 0. The molecule has 2 aliphatic rings. The summed E-state index contributed by atoms with van der Waals surface area (Å²) >= 11 is 0. The molecule has 7 atom stereocenters. The summed E-state index contributed by atoms with van der Waals surface area (Å²) in [6.07, 6.45) is 1.39. The zero-order chi connectivity index (χ0) is 27.7. The maximum Gasteiger partial charge on any atom is 0.311 e. The summed E-state index contributed by atoms with van der Waals surface area (Å²) in [4.78, 5) is 13.1. The molecule has 2 rings (SSSR count). The lowest BCUT2D eigenvalue weighted by atomic mass is 9.80. The van der Waals surface area contributed by atoms with Crippen molar-refractivity contribution in [2.75, 3.05) is 13.7 Å². The molecule has 2 aliphatic heterocycles. The Bertz CT molecular complexity index is 786. The van der Waals surface area contributed by atoms with E-state index in [-0.39, 0.29) is 48.0 Å². The molecule has 0 aromatic rings. The summed E-state index contributed by atoms with van der Waals surface area (Å²) in [6.45, 7) is 23.9. The standard InChI is InChI=1S/C27H52O7Si2/c1-18-13-21(17-31-36(11,12)26(4,5)6)32-24(28)16-27(29)15-23(34-35(8,9)10)20(3)25(33-27)19(2)22(14-18)30-7/h14,19-23,25,29H,13,15-17H2,1-12H3/b18-14+/t19-,20-,21+,22-,23+,25+,27+/m1/s1. The van der Waals surface area contributed by atoms with Gasteiger partial charge in [0.25, 0.3) is 0 Å². The summed E-state index contributed by atoms with van der Waals surface area (Å²) in [5.74, 6) is -2.17. The Morgan fingerprint density at radius 1 is 1.14 bits per heavy atom. The Morgan fingerprint density at radius 3 is 2.28 bits per heavy atom. The number of aliphatic hydroxyl groups is 1. The van der Waals surface area contributed by atoms with E-state index in [0.29, 0.717) is 13.0 Å². The molecule has 0 aromatic heterocycles. The molecule has 210 valence electrons. The number of ether oxygens (including phenoxy) is 3. The number of methoxy groups -OCH3 is 1. The van der Waals surface area contributed by atoms with E-state index in [1.807, 2.05) is 6.92 Å². The number of rotatable bonds is 6. The van der Waals surface area contributed by atoms with Crippen LogP contribution in [0.1, 0.15) is 60.8 Å². The minimum absolute atomic E-state index is 0.0306. The number of cyclic esters (lactones) is 1. The van der Waals surface area contributed by atoms with Gasteiger partial charge >= 0.3 is 5.97 Å². The van der Waals surface area contributed by atoms with Gasteiger partial charge in [0, 0.05) is 31.8 Å². The number of hydrogen-bond acceptors (Lipinski definition) is 7. The Balaban J connectivity index is 2.40. The van der Waals surface area contributed by atoms with Crippen LogP contribution in [-0.2, 0) is 27.9 Å².